The Labute approximate surface area is 131 Å². The fourth-order valence-corrected chi connectivity index (χ4v) is 2.70. The number of nitrogens with one attached hydrogen (secondary N) is 1. The third-order valence-corrected chi connectivity index (χ3v) is 4.09. The van der Waals surface area contributed by atoms with E-state index in [9.17, 15) is 0 Å². The van der Waals surface area contributed by atoms with Gasteiger partial charge in [0.25, 0.3) is 0 Å². The number of hydrogen-bond acceptors (Lipinski definition) is 3. The van der Waals surface area contributed by atoms with Crippen molar-refractivity contribution in [2.45, 2.75) is 53.1 Å². The molecule has 2 rings (SSSR count). The van der Waals surface area contributed by atoms with Crippen molar-refractivity contribution in [3.05, 3.63) is 40.1 Å². The van der Waals surface area contributed by atoms with Crippen LogP contribution in [0.15, 0.2) is 16.5 Å². The van der Waals surface area contributed by atoms with E-state index >= 15 is 0 Å². The molecule has 0 amide bonds. The van der Waals surface area contributed by atoms with Gasteiger partial charge in [0, 0.05) is 13.0 Å². The smallest absolute Gasteiger partial charge is 0.121 e. The Kier molecular flexibility index (Phi) is 5.48. The molecule has 0 bridgehead atoms. The molecule has 2 heterocycles. The van der Waals surface area contributed by atoms with Crippen molar-refractivity contribution < 1.29 is 4.42 Å². The number of halogens is 1. The van der Waals surface area contributed by atoms with E-state index in [1.165, 1.54) is 0 Å². The van der Waals surface area contributed by atoms with E-state index < -0.39 is 0 Å². The molecule has 0 aromatic carbocycles. The molecule has 0 radical (unpaired) electrons. The minimum absolute atomic E-state index is 0.123. The van der Waals surface area contributed by atoms with Gasteiger partial charge in [0.15, 0.2) is 0 Å². The average molecular weight is 310 g/mol. The maximum absolute atomic E-state index is 6.42. The lowest BCUT2D eigenvalue weighted by Crippen LogP contribution is -2.25. The molecular weight excluding hydrogens is 286 g/mol. The van der Waals surface area contributed by atoms with Crippen LogP contribution in [0.2, 0.25) is 5.02 Å². The number of nitrogens with zero attached hydrogens (tertiary/aromatic N) is 2. The van der Waals surface area contributed by atoms with Gasteiger partial charge in [-0.25, -0.2) is 0 Å². The Morgan fingerprint density at radius 2 is 2.10 bits per heavy atom. The zero-order valence-electron chi connectivity index (χ0n) is 13.2. The molecule has 21 heavy (non-hydrogen) atoms. The van der Waals surface area contributed by atoms with E-state index in [1.807, 2.05) is 30.7 Å². The predicted octanol–water partition coefficient (Wildman–Crippen LogP) is 4.05. The van der Waals surface area contributed by atoms with E-state index in [0.717, 1.165) is 53.9 Å². The first-order chi connectivity index (χ1) is 10.1. The molecule has 1 N–H and O–H groups in total. The summed E-state index contributed by atoms with van der Waals surface area (Å²) in [4.78, 5) is 0. The van der Waals surface area contributed by atoms with Crippen LogP contribution >= 0.6 is 11.6 Å². The van der Waals surface area contributed by atoms with Crippen LogP contribution in [0, 0.1) is 13.8 Å². The lowest BCUT2D eigenvalue weighted by molar-refractivity contribution is 0.392. The fourth-order valence-electron chi connectivity index (χ4n) is 2.49. The zero-order chi connectivity index (χ0) is 15.4. The second-order valence-corrected chi connectivity index (χ2v) is 5.70. The standard InChI is InChI=1S/C16H24ClN3O/c1-5-9-18-13(15-8-7-11(3)21-15)10-14-16(17)12(4)19-20(14)6-2/h7-8,13,18H,5-6,9-10H2,1-4H3. The van der Waals surface area contributed by atoms with Crippen LogP contribution in [0.5, 0.6) is 0 Å². The van der Waals surface area contributed by atoms with Crippen molar-refractivity contribution in [1.82, 2.24) is 15.1 Å². The summed E-state index contributed by atoms with van der Waals surface area (Å²) in [5.74, 6) is 1.89. The molecule has 1 unspecified atom stereocenters. The van der Waals surface area contributed by atoms with Gasteiger partial charge < -0.3 is 9.73 Å². The monoisotopic (exact) mass is 309 g/mol. The summed E-state index contributed by atoms with van der Waals surface area (Å²) in [5.41, 5.74) is 1.96. The Hall–Kier alpha value is -1.26. The van der Waals surface area contributed by atoms with Crippen molar-refractivity contribution in [1.29, 1.82) is 0 Å². The highest BCUT2D eigenvalue weighted by molar-refractivity contribution is 6.31. The molecule has 0 aliphatic rings. The van der Waals surface area contributed by atoms with E-state index in [1.54, 1.807) is 0 Å². The molecule has 0 saturated heterocycles. The number of furan rings is 1. The first-order valence-electron chi connectivity index (χ1n) is 7.58. The zero-order valence-corrected chi connectivity index (χ0v) is 14.0. The maximum atomic E-state index is 6.42. The molecule has 2 aromatic rings. The Morgan fingerprint density at radius 3 is 2.67 bits per heavy atom. The molecule has 0 fully saturated rings. The van der Waals surface area contributed by atoms with Crippen molar-refractivity contribution in [2.75, 3.05) is 6.54 Å². The number of hydrogen-bond donors (Lipinski definition) is 1. The van der Waals surface area contributed by atoms with E-state index in [-0.39, 0.29) is 6.04 Å². The van der Waals surface area contributed by atoms with Crippen molar-refractivity contribution >= 4 is 11.6 Å². The van der Waals surface area contributed by atoms with Gasteiger partial charge >= 0.3 is 0 Å². The maximum Gasteiger partial charge on any atom is 0.121 e. The molecule has 5 heteroatoms. The third-order valence-electron chi connectivity index (χ3n) is 3.60. The largest absolute Gasteiger partial charge is 0.465 e. The van der Waals surface area contributed by atoms with E-state index in [0.29, 0.717) is 0 Å². The fraction of sp³-hybridized carbons (Fsp3) is 0.562. The van der Waals surface area contributed by atoms with Crippen molar-refractivity contribution in [3.63, 3.8) is 0 Å². The van der Waals surface area contributed by atoms with Crippen molar-refractivity contribution in [3.8, 4) is 0 Å². The highest BCUT2D eigenvalue weighted by Gasteiger charge is 2.21. The summed E-state index contributed by atoms with van der Waals surface area (Å²) in [6.45, 7) is 9.92. The number of rotatable bonds is 7. The Morgan fingerprint density at radius 1 is 1.33 bits per heavy atom. The lowest BCUT2D eigenvalue weighted by atomic mass is 10.1. The third kappa shape index (κ3) is 3.69. The average Bonchev–Trinajstić information content (AvgIpc) is 3.01. The predicted molar refractivity (Wildman–Crippen MR) is 85.8 cm³/mol. The molecule has 0 aliphatic carbocycles. The second-order valence-electron chi connectivity index (χ2n) is 5.32. The van der Waals surface area contributed by atoms with Crippen LogP contribution in [-0.2, 0) is 13.0 Å². The van der Waals surface area contributed by atoms with Gasteiger partial charge in [0.1, 0.15) is 11.5 Å². The van der Waals surface area contributed by atoms with Gasteiger partial charge in [-0.2, -0.15) is 5.10 Å². The van der Waals surface area contributed by atoms with Crippen LogP contribution in [0.1, 0.15) is 49.2 Å². The SMILES string of the molecule is CCCNC(Cc1c(Cl)c(C)nn1CC)c1ccc(C)o1. The first-order valence-corrected chi connectivity index (χ1v) is 7.96. The van der Waals surface area contributed by atoms with Crippen molar-refractivity contribution in [2.24, 2.45) is 0 Å². The highest BCUT2D eigenvalue weighted by atomic mass is 35.5. The van der Waals surface area contributed by atoms with Crippen LogP contribution in [0.4, 0.5) is 0 Å². The van der Waals surface area contributed by atoms with Gasteiger partial charge in [-0.05, 0) is 45.9 Å². The lowest BCUT2D eigenvalue weighted by Gasteiger charge is -2.17. The summed E-state index contributed by atoms with van der Waals surface area (Å²) >= 11 is 6.42. The Bertz CT molecular complexity index is 588. The molecule has 0 aliphatic heterocycles. The van der Waals surface area contributed by atoms with Gasteiger partial charge in [-0.15, -0.1) is 0 Å². The molecule has 0 spiro atoms. The van der Waals surface area contributed by atoms with E-state index in [2.05, 4.69) is 24.3 Å². The van der Waals surface area contributed by atoms with Gasteiger partial charge in [-0.1, -0.05) is 18.5 Å². The summed E-state index contributed by atoms with van der Waals surface area (Å²) in [7, 11) is 0. The first kappa shape index (κ1) is 16.1. The topological polar surface area (TPSA) is 43.0 Å². The summed E-state index contributed by atoms with van der Waals surface area (Å²) in [5, 5.41) is 8.80. The summed E-state index contributed by atoms with van der Waals surface area (Å²) in [6, 6.07) is 4.16. The molecule has 4 nitrogen and oxygen atoms in total. The van der Waals surface area contributed by atoms with E-state index in [4.69, 9.17) is 16.0 Å². The van der Waals surface area contributed by atoms with Gasteiger partial charge in [-0.3, -0.25) is 4.68 Å². The molecule has 116 valence electrons. The Balaban J connectivity index is 2.26. The highest BCUT2D eigenvalue weighted by Crippen LogP contribution is 2.27. The summed E-state index contributed by atoms with van der Waals surface area (Å²) in [6.07, 6.45) is 1.86. The molecule has 1 atom stereocenters. The number of aryl methyl sites for hydroxylation is 3. The molecular formula is C16H24ClN3O. The number of aromatic nitrogens is 2. The van der Waals surface area contributed by atoms with Crippen LogP contribution in [0.25, 0.3) is 0 Å². The quantitative estimate of drug-likeness (QED) is 0.839. The molecule has 2 aromatic heterocycles. The van der Waals surface area contributed by atoms with Crippen LogP contribution in [0.3, 0.4) is 0 Å². The van der Waals surface area contributed by atoms with Gasteiger partial charge in [0.05, 0.1) is 22.5 Å². The second kappa shape index (κ2) is 7.14. The summed E-state index contributed by atoms with van der Waals surface area (Å²) < 4.78 is 7.78. The normalized spacial score (nSPS) is 12.8. The van der Waals surface area contributed by atoms with Crippen LogP contribution < -0.4 is 5.32 Å². The minimum atomic E-state index is 0.123. The van der Waals surface area contributed by atoms with Crippen LogP contribution in [-0.4, -0.2) is 16.3 Å². The molecule has 0 saturated carbocycles. The van der Waals surface area contributed by atoms with Gasteiger partial charge in [0.2, 0.25) is 0 Å². The minimum Gasteiger partial charge on any atom is -0.465 e.